The van der Waals surface area contributed by atoms with Crippen molar-refractivity contribution in [2.75, 3.05) is 0 Å². The lowest BCUT2D eigenvalue weighted by Gasteiger charge is -2.19. The Balaban J connectivity index is 1.35. The maximum absolute atomic E-state index is 10.3. The van der Waals surface area contributed by atoms with Crippen LogP contribution in [0.15, 0.2) is 140 Å². The highest BCUT2D eigenvalue weighted by Crippen LogP contribution is 2.41. The van der Waals surface area contributed by atoms with Crippen molar-refractivity contribution in [2.24, 2.45) is 0 Å². The summed E-state index contributed by atoms with van der Waals surface area (Å²) in [6.07, 6.45) is 9.42. The summed E-state index contributed by atoms with van der Waals surface area (Å²) in [5.41, 5.74) is 14.4. The molecular weight excluding hydrogens is 597 g/mol. The highest BCUT2D eigenvalue weighted by Gasteiger charge is 2.23. The van der Waals surface area contributed by atoms with Crippen LogP contribution in [0.2, 0.25) is 0 Å². The third-order valence-corrected chi connectivity index (χ3v) is 9.65. The predicted molar refractivity (Wildman–Crippen MR) is 202 cm³/mol. The lowest BCUT2D eigenvalue weighted by atomic mass is 9.92. The molecule has 2 heterocycles. The van der Waals surface area contributed by atoms with Gasteiger partial charge in [-0.2, -0.15) is 10.5 Å². The van der Waals surface area contributed by atoms with E-state index in [-0.39, 0.29) is 0 Å². The van der Waals surface area contributed by atoms with Gasteiger partial charge in [0.15, 0.2) is 0 Å². The number of benzene rings is 5. The summed E-state index contributed by atoms with van der Waals surface area (Å²) < 4.78 is 4.63. The minimum Gasteiger partial charge on any atom is -0.313 e. The molecule has 1 aliphatic rings. The number of fused-ring (bicyclic) bond motifs is 4. The molecule has 232 valence electrons. The minimum atomic E-state index is 0.595. The van der Waals surface area contributed by atoms with Gasteiger partial charge in [0.05, 0.1) is 34.4 Å². The van der Waals surface area contributed by atoms with Crippen LogP contribution in [0.3, 0.4) is 0 Å². The van der Waals surface area contributed by atoms with Crippen LogP contribution in [0.25, 0.3) is 67.6 Å². The Bertz CT molecular complexity index is 2610. The Morgan fingerprint density at radius 1 is 0.694 bits per heavy atom. The molecule has 1 aliphatic carbocycles. The maximum atomic E-state index is 10.3. The number of hydrogen-bond donors (Lipinski definition) is 0. The number of hydrogen-bond acceptors (Lipinski definition) is 2. The van der Waals surface area contributed by atoms with Crippen molar-refractivity contribution in [3.05, 3.63) is 168 Å². The summed E-state index contributed by atoms with van der Waals surface area (Å²) in [5, 5.41) is 22.3. The average molecular weight is 629 g/mol. The highest BCUT2D eigenvalue weighted by atomic mass is 15.0. The fourth-order valence-corrected chi connectivity index (χ4v) is 7.51. The van der Waals surface area contributed by atoms with Gasteiger partial charge in [-0.05, 0) is 78.9 Å². The largest absolute Gasteiger partial charge is 0.313 e. The van der Waals surface area contributed by atoms with E-state index in [1.54, 1.807) is 0 Å². The Labute approximate surface area is 286 Å². The van der Waals surface area contributed by atoms with E-state index in [4.69, 9.17) is 0 Å². The molecular formula is C45H32N4. The zero-order valence-electron chi connectivity index (χ0n) is 27.2. The van der Waals surface area contributed by atoms with Crippen LogP contribution in [0.4, 0.5) is 0 Å². The first-order valence-electron chi connectivity index (χ1n) is 16.5. The van der Waals surface area contributed by atoms with E-state index in [2.05, 4.69) is 132 Å². The summed E-state index contributed by atoms with van der Waals surface area (Å²) in [5.74, 6) is 0. The van der Waals surface area contributed by atoms with Crippen LogP contribution < -0.4 is 0 Å². The van der Waals surface area contributed by atoms with E-state index in [1.807, 2.05) is 42.5 Å². The summed E-state index contributed by atoms with van der Waals surface area (Å²) in [6.45, 7) is 6.06. The molecule has 4 heteroatoms. The molecule has 0 fully saturated rings. The minimum absolute atomic E-state index is 0.595. The zero-order chi connectivity index (χ0) is 33.5. The quantitative estimate of drug-likeness (QED) is 0.172. The second kappa shape index (κ2) is 12.2. The Hall–Kier alpha value is -6.62. The van der Waals surface area contributed by atoms with Crippen molar-refractivity contribution in [1.29, 1.82) is 10.5 Å². The lowest BCUT2D eigenvalue weighted by Crippen LogP contribution is -2.05. The summed E-state index contributed by atoms with van der Waals surface area (Å²) in [4.78, 5) is 0. The molecule has 5 aromatic carbocycles. The molecule has 4 nitrogen and oxygen atoms in total. The van der Waals surface area contributed by atoms with E-state index in [0.29, 0.717) is 12.0 Å². The van der Waals surface area contributed by atoms with Crippen molar-refractivity contribution >= 4 is 34.0 Å². The number of aromatic nitrogens is 2. The number of nitriles is 2. The number of para-hydroxylation sites is 3. The van der Waals surface area contributed by atoms with E-state index < -0.39 is 0 Å². The molecule has 0 bridgehead atoms. The third kappa shape index (κ3) is 4.91. The van der Waals surface area contributed by atoms with E-state index >= 15 is 0 Å². The molecule has 0 N–H and O–H groups in total. The molecule has 0 atom stereocenters. The van der Waals surface area contributed by atoms with Gasteiger partial charge in [0.25, 0.3) is 0 Å². The van der Waals surface area contributed by atoms with Crippen LogP contribution in [-0.4, -0.2) is 9.13 Å². The Morgan fingerprint density at radius 2 is 1.37 bits per heavy atom. The molecule has 2 aromatic heterocycles. The molecule has 0 saturated carbocycles. The molecule has 49 heavy (non-hydrogen) atoms. The Kier molecular flexibility index (Phi) is 7.41. The zero-order valence-corrected chi connectivity index (χ0v) is 27.2. The molecule has 0 radical (unpaired) electrons. The smallest absolute Gasteiger partial charge is 0.0992 e. The topological polar surface area (TPSA) is 57.4 Å². The second-order valence-electron chi connectivity index (χ2n) is 12.4. The number of allylic oxidation sites excluding steroid dienone is 3. The fraction of sp³-hybridized carbons (Fsp3) is 0.0667. The molecule has 0 spiro atoms. The van der Waals surface area contributed by atoms with Gasteiger partial charge in [-0.1, -0.05) is 104 Å². The summed E-state index contributed by atoms with van der Waals surface area (Å²) in [6, 6.07) is 44.9. The number of rotatable bonds is 6. The van der Waals surface area contributed by atoms with Crippen molar-refractivity contribution < 1.29 is 0 Å². The van der Waals surface area contributed by atoms with E-state index in [1.165, 1.54) is 10.9 Å². The van der Waals surface area contributed by atoms with Gasteiger partial charge in [-0.15, -0.1) is 0 Å². The van der Waals surface area contributed by atoms with Crippen molar-refractivity contribution in [1.82, 2.24) is 9.13 Å². The molecule has 0 aliphatic heterocycles. The molecule has 0 saturated heterocycles. The van der Waals surface area contributed by atoms with Gasteiger partial charge >= 0.3 is 0 Å². The lowest BCUT2D eigenvalue weighted by molar-refractivity contribution is 0.871. The summed E-state index contributed by atoms with van der Waals surface area (Å²) in [7, 11) is 0. The van der Waals surface area contributed by atoms with Crippen LogP contribution in [0, 0.1) is 29.6 Å². The normalized spacial score (nSPS) is 12.5. The van der Waals surface area contributed by atoms with Gasteiger partial charge in [0.1, 0.15) is 0 Å². The van der Waals surface area contributed by atoms with E-state index in [0.717, 1.165) is 79.0 Å². The van der Waals surface area contributed by atoms with Crippen molar-refractivity contribution in [3.63, 3.8) is 0 Å². The molecule has 0 amide bonds. The van der Waals surface area contributed by atoms with Gasteiger partial charge in [0.2, 0.25) is 0 Å². The van der Waals surface area contributed by atoms with E-state index in [9.17, 15) is 10.5 Å². The average Bonchev–Trinajstić information content (AvgIpc) is 3.64. The van der Waals surface area contributed by atoms with Crippen LogP contribution >= 0.6 is 0 Å². The number of nitrogens with zero attached hydrogens (tertiary/aromatic N) is 4. The molecule has 8 rings (SSSR count). The first-order valence-corrected chi connectivity index (χ1v) is 16.5. The molecule has 0 unspecified atom stereocenters. The first-order chi connectivity index (χ1) is 24.1. The van der Waals surface area contributed by atoms with Gasteiger partial charge in [-0.25, -0.2) is 0 Å². The van der Waals surface area contributed by atoms with Crippen molar-refractivity contribution in [3.8, 4) is 45.8 Å². The van der Waals surface area contributed by atoms with Crippen molar-refractivity contribution in [2.45, 2.75) is 19.8 Å². The Morgan fingerprint density at radius 3 is 2.12 bits per heavy atom. The van der Waals surface area contributed by atoms with Gasteiger partial charge in [0, 0.05) is 50.1 Å². The van der Waals surface area contributed by atoms with Crippen LogP contribution in [-0.2, 0) is 6.42 Å². The maximum Gasteiger partial charge on any atom is 0.0992 e. The van der Waals surface area contributed by atoms with Crippen LogP contribution in [0.5, 0.6) is 0 Å². The van der Waals surface area contributed by atoms with Crippen LogP contribution in [0.1, 0.15) is 34.5 Å². The highest BCUT2D eigenvalue weighted by molar-refractivity contribution is 5.97. The van der Waals surface area contributed by atoms with Gasteiger partial charge in [-0.3, -0.25) is 0 Å². The van der Waals surface area contributed by atoms with Gasteiger partial charge < -0.3 is 9.13 Å². The first kappa shape index (κ1) is 29.8. The predicted octanol–water partition coefficient (Wildman–Crippen LogP) is 11.1. The standard InChI is InChI=1S/C45H32N4/c1-3-4-13-35-30(2)48(42-19-10-7-16-38(35)42)43-20-11-8-17-39(43)37-15-6-5-14-36(37)33-24-32(29-47)25-34(27-33)49-44-21-12-9-18-40(44)41-26-31(28-46)22-23-45(41)49/h3-21,24-27H,1,22-23H2,2H3/b13-4-. The second-order valence-corrected chi connectivity index (χ2v) is 12.4. The SMILES string of the molecule is C=C/C=C\c1c(C)n(-c2ccccc2-c2ccccc2-c2cc(C#N)cc(-n3c4c(c5ccccc53)C=C(C#N)CC4)c2)c2ccccc12. The molecule has 7 aromatic rings. The third-order valence-electron chi connectivity index (χ3n) is 9.65. The monoisotopic (exact) mass is 628 g/mol. The summed E-state index contributed by atoms with van der Waals surface area (Å²) >= 11 is 0. The fourth-order valence-electron chi connectivity index (χ4n) is 7.51.